The van der Waals surface area contributed by atoms with Gasteiger partial charge in [0.15, 0.2) is 0 Å². The fraction of sp³-hybridized carbons (Fsp3) is 0.643. The lowest BCUT2D eigenvalue weighted by atomic mass is 9.67. The number of nitrogens with zero attached hydrogens (tertiary/aromatic N) is 1. The molecule has 41 heavy (non-hydrogen) atoms. The summed E-state index contributed by atoms with van der Waals surface area (Å²) in [7, 11) is 2.83. The fourth-order valence-corrected chi connectivity index (χ4v) is 7.08. The van der Waals surface area contributed by atoms with Crippen molar-refractivity contribution in [2.75, 3.05) is 39.2 Å². The number of hydrogen-bond acceptors (Lipinski definition) is 12. The van der Waals surface area contributed by atoms with Crippen LogP contribution in [0.25, 0.3) is 0 Å². The van der Waals surface area contributed by atoms with Crippen molar-refractivity contribution in [3.05, 3.63) is 35.6 Å². The molecule has 9 atom stereocenters. The summed E-state index contributed by atoms with van der Waals surface area (Å²) in [5.74, 6) is -0.310. The van der Waals surface area contributed by atoms with Crippen molar-refractivity contribution in [3.8, 4) is 5.75 Å². The van der Waals surface area contributed by atoms with E-state index in [1.54, 1.807) is 18.2 Å². The largest absolute Gasteiger partial charge is 0.504 e. The van der Waals surface area contributed by atoms with Crippen molar-refractivity contribution >= 4 is 17.6 Å². The molecular formula is C28H38N2O11. The number of aliphatic hydroxyl groups excluding tert-OH is 3. The van der Waals surface area contributed by atoms with E-state index >= 15 is 0 Å². The molecule has 3 fully saturated rings. The van der Waals surface area contributed by atoms with Gasteiger partial charge in [0.25, 0.3) is 0 Å². The van der Waals surface area contributed by atoms with Gasteiger partial charge in [0.05, 0.1) is 31.5 Å². The van der Waals surface area contributed by atoms with Crippen molar-refractivity contribution in [1.82, 2.24) is 4.90 Å². The first-order valence-corrected chi connectivity index (χ1v) is 13.8. The Hall–Kier alpha value is -2.78. The quantitative estimate of drug-likeness (QED) is 0.0944. The molecule has 13 heteroatoms. The Morgan fingerprint density at radius 1 is 1.22 bits per heavy atom. The van der Waals surface area contributed by atoms with Crippen molar-refractivity contribution in [1.29, 1.82) is 0 Å². The number of aliphatic hydroxyl groups is 3. The van der Waals surface area contributed by atoms with E-state index in [-0.39, 0.29) is 29.5 Å². The van der Waals surface area contributed by atoms with Gasteiger partial charge in [0.1, 0.15) is 36.8 Å². The molecule has 1 aromatic rings. The molecule has 1 aromatic carbocycles. The fourth-order valence-electron chi connectivity index (χ4n) is 7.08. The normalized spacial score (nSPS) is 37.0. The second-order valence-electron chi connectivity index (χ2n) is 11.1. The second-order valence-corrected chi connectivity index (χ2v) is 11.1. The van der Waals surface area contributed by atoms with Gasteiger partial charge in [-0.15, -0.1) is 0 Å². The smallest absolute Gasteiger partial charge is 0.337 e. The van der Waals surface area contributed by atoms with E-state index in [1.807, 2.05) is 0 Å². The predicted octanol–water partition coefficient (Wildman–Crippen LogP) is 0.376. The zero-order valence-electron chi connectivity index (χ0n) is 23.3. The Labute approximate surface area is 237 Å². The third-order valence-electron chi connectivity index (χ3n) is 9.19. The van der Waals surface area contributed by atoms with Gasteiger partial charge < -0.3 is 39.6 Å². The Bertz CT molecular complexity index is 1180. The first-order chi connectivity index (χ1) is 19.7. The van der Waals surface area contributed by atoms with Crippen LogP contribution in [-0.4, -0.2) is 108 Å². The molecule has 4 aliphatic heterocycles. The molecule has 13 nitrogen and oxygen atoms in total. The number of esters is 1. The van der Waals surface area contributed by atoms with Crippen LogP contribution in [0.3, 0.4) is 0 Å². The number of nitrogens with one attached hydrogen (secondary N) is 1. The molecule has 1 amide bonds. The third kappa shape index (κ3) is 4.99. The molecule has 0 aliphatic carbocycles. The van der Waals surface area contributed by atoms with Crippen LogP contribution in [0.15, 0.2) is 30.0 Å². The van der Waals surface area contributed by atoms with Crippen LogP contribution in [0.5, 0.6) is 5.75 Å². The molecule has 5 rings (SSSR count). The molecule has 0 bridgehead atoms. The van der Waals surface area contributed by atoms with Crippen molar-refractivity contribution in [2.45, 2.75) is 68.3 Å². The number of amides is 1. The molecule has 9 unspecified atom stereocenters. The summed E-state index contributed by atoms with van der Waals surface area (Å²) in [6.45, 7) is 3.05. The average molecular weight is 579 g/mol. The lowest BCUT2D eigenvalue weighted by Gasteiger charge is -2.45. The van der Waals surface area contributed by atoms with Gasteiger partial charge >= 0.3 is 5.97 Å². The van der Waals surface area contributed by atoms with Crippen molar-refractivity contribution in [3.63, 3.8) is 0 Å². The summed E-state index contributed by atoms with van der Waals surface area (Å²) in [6.07, 6.45) is -3.82. The minimum atomic E-state index is -1.60. The lowest BCUT2D eigenvalue weighted by molar-refractivity contribution is -0.318. The Morgan fingerprint density at radius 3 is 2.68 bits per heavy atom. The molecule has 1 spiro atoms. The highest BCUT2D eigenvalue weighted by molar-refractivity contribution is 6.07. The van der Waals surface area contributed by atoms with Crippen LogP contribution in [0, 0.1) is 11.8 Å². The molecule has 0 aromatic heterocycles. The van der Waals surface area contributed by atoms with Crippen LogP contribution in [0.4, 0.5) is 5.69 Å². The Kier molecular flexibility index (Phi) is 8.58. The molecule has 0 radical (unpaired) electrons. The number of piperidine rings is 1. The van der Waals surface area contributed by atoms with Gasteiger partial charge in [-0.25, -0.2) is 9.68 Å². The number of carbonyl (C=O) groups is 2. The molecule has 4 aliphatic rings. The van der Waals surface area contributed by atoms with Gasteiger partial charge in [-0.1, -0.05) is 13.3 Å². The van der Waals surface area contributed by atoms with Gasteiger partial charge in [-0.05, 0) is 55.0 Å². The van der Waals surface area contributed by atoms with E-state index in [4.69, 9.17) is 24.2 Å². The number of methoxy groups -OCH3 is 2. The van der Waals surface area contributed by atoms with Gasteiger partial charge in [-0.2, -0.15) is 0 Å². The highest BCUT2D eigenvalue weighted by Gasteiger charge is 2.60. The van der Waals surface area contributed by atoms with E-state index < -0.39 is 48.7 Å². The number of anilines is 1. The summed E-state index contributed by atoms with van der Waals surface area (Å²) in [6, 6.07) is 4.85. The standard InChI is InChI=1S/C28H38N2O11/c1-4-14-11-30-8-7-28(21(30)10-16(14)17(12-37-2)25(34)38-3)18-9-15(5-6-19(18)29-27(28)35)40-26-24(33)23(32)22(31)20(41-26)13-39-36/h5-6,9,12,14,16,20-24,26,31-33,36H,4,7-8,10-11,13H2,1-3H3,(H,29,35). The van der Waals surface area contributed by atoms with Crippen LogP contribution in [0.2, 0.25) is 0 Å². The predicted molar refractivity (Wildman–Crippen MR) is 142 cm³/mol. The Morgan fingerprint density at radius 2 is 2.00 bits per heavy atom. The van der Waals surface area contributed by atoms with E-state index in [0.29, 0.717) is 37.2 Å². The first kappa shape index (κ1) is 29.7. The highest BCUT2D eigenvalue weighted by Crippen LogP contribution is 2.54. The van der Waals surface area contributed by atoms with Crippen LogP contribution < -0.4 is 10.1 Å². The number of ether oxygens (including phenoxy) is 4. The number of fused-ring (bicyclic) bond motifs is 4. The van der Waals surface area contributed by atoms with Gasteiger partial charge in [0.2, 0.25) is 12.2 Å². The molecular weight excluding hydrogens is 540 g/mol. The molecule has 226 valence electrons. The maximum atomic E-state index is 13.7. The summed E-state index contributed by atoms with van der Waals surface area (Å²) < 4.78 is 21.8. The molecule has 0 saturated carbocycles. The van der Waals surface area contributed by atoms with E-state index in [2.05, 4.69) is 22.0 Å². The number of carbonyl (C=O) groups excluding carboxylic acids is 2. The van der Waals surface area contributed by atoms with Crippen LogP contribution in [-0.2, 0) is 34.1 Å². The maximum absolute atomic E-state index is 13.7. The Balaban J connectivity index is 1.46. The zero-order chi connectivity index (χ0) is 29.5. The molecule has 4 heterocycles. The minimum absolute atomic E-state index is 0.131. The third-order valence-corrected chi connectivity index (χ3v) is 9.19. The van der Waals surface area contributed by atoms with Crippen LogP contribution >= 0.6 is 0 Å². The zero-order valence-corrected chi connectivity index (χ0v) is 23.3. The van der Waals surface area contributed by atoms with Crippen molar-refractivity contribution < 1.29 is 54.0 Å². The maximum Gasteiger partial charge on any atom is 0.337 e. The van der Waals surface area contributed by atoms with Gasteiger partial charge in [-0.3, -0.25) is 15.0 Å². The monoisotopic (exact) mass is 578 g/mol. The summed E-state index contributed by atoms with van der Waals surface area (Å²) >= 11 is 0. The average Bonchev–Trinajstić information content (AvgIpc) is 3.49. The molecule has 3 saturated heterocycles. The second kappa shape index (κ2) is 11.8. The molecule has 5 N–H and O–H groups in total. The minimum Gasteiger partial charge on any atom is -0.504 e. The van der Waals surface area contributed by atoms with Gasteiger partial charge in [0, 0.05) is 18.3 Å². The summed E-state index contributed by atoms with van der Waals surface area (Å²) in [5.41, 5.74) is 0.920. The summed E-state index contributed by atoms with van der Waals surface area (Å²) in [4.78, 5) is 32.9. The SMILES string of the molecule is CCC1CN2CCC3(C(=O)Nc4ccc(OC5OC(COO)C(O)C(O)C5O)cc43)C2CC1C(=COC)C(=O)OC. The number of hydrogen-bond donors (Lipinski definition) is 5. The van der Waals surface area contributed by atoms with E-state index in [0.717, 1.165) is 12.0 Å². The van der Waals surface area contributed by atoms with Crippen LogP contribution in [0.1, 0.15) is 31.7 Å². The number of rotatable bonds is 8. The topological polar surface area (TPSA) is 176 Å². The van der Waals surface area contributed by atoms with E-state index in [9.17, 15) is 24.9 Å². The number of benzene rings is 1. The van der Waals surface area contributed by atoms with E-state index in [1.165, 1.54) is 20.5 Å². The first-order valence-electron chi connectivity index (χ1n) is 13.8. The van der Waals surface area contributed by atoms with Crippen molar-refractivity contribution in [2.24, 2.45) is 11.8 Å². The summed E-state index contributed by atoms with van der Waals surface area (Å²) in [5, 5.41) is 42.7. The highest BCUT2D eigenvalue weighted by atomic mass is 17.1. The lowest BCUT2D eigenvalue weighted by Crippen LogP contribution is -2.60.